The number of anilines is 3. The maximum absolute atomic E-state index is 6.45. The van der Waals surface area contributed by atoms with E-state index in [1.807, 2.05) is 0 Å². The van der Waals surface area contributed by atoms with Crippen molar-refractivity contribution >= 4 is 49.8 Å². The molecule has 36 heavy (non-hydrogen) atoms. The van der Waals surface area contributed by atoms with Gasteiger partial charge in [-0.15, -0.1) is 0 Å². The summed E-state index contributed by atoms with van der Waals surface area (Å²) in [5.41, 5.74) is 7.41. The standard InChI is InChI=1S/C34H23NO/c1-4-12-24(13-5-1)29-23-33-30(34-28-19-11-10-14-25(28)20-21-32(34)36-33)22-31(29)35(26-15-6-2-7-16-26)27-17-8-3-9-18-27/h1-23H. The molecular weight excluding hydrogens is 438 g/mol. The van der Waals surface area contributed by atoms with Gasteiger partial charge in [-0.1, -0.05) is 97.1 Å². The first kappa shape index (κ1) is 20.5. The van der Waals surface area contributed by atoms with Crippen LogP contribution < -0.4 is 4.90 Å². The number of furan rings is 1. The first-order valence-corrected chi connectivity index (χ1v) is 12.2. The largest absolute Gasteiger partial charge is 0.456 e. The van der Waals surface area contributed by atoms with Crippen LogP contribution in [0.2, 0.25) is 0 Å². The summed E-state index contributed by atoms with van der Waals surface area (Å²) in [5, 5.41) is 4.70. The number of nitrogens with zero attached hydrogens (tertiary/aromatic N) is 1. The third-order valence-corrected chi connectivity index (χ3v) is 6.83. The summed E-state index contributed by atoms with van der Waals surface area (Å²) < 4.78 is 6.45. The summed E-state index contributed by atoms with van der Waals surface area (Å²) in [4.78, 5) is 2.34. The molecule has 0 aliphatic rings. The van der Waals surface area contributed by atoms with Gasteiger partial charge in [0.1, 0.15) is 11.2 Å². The number of para-hydroxylation sites is 2. The fourth-order valence-electron chi connectivity index (χ4n) is 5.20. The lowest BCUT2D eigenvalue weighted by atomic mass is 9.98. The molecule has 2 nitrogen and oxygen atoms in total. The SMILES string of the molecule is c1ccc(-c2cc3oc4ccc5ccccc5c4c3cc2N(c2ccccc2)c2ccccc2)cc1. The minimum atomic E-state index is 0.894. The first-order chi connectivity index (χ1) is 17.9. The number of hydrogen-bond acceptors (Lipinski definition) is 2. The molecule has 0 bridgehead atoms. The van der Waals surface area contributed by atoms with Gasteiger partial charge >= 0.3 is 0 Å². The molecule has 6 aromatic carbocycles. The quantitative estimate of drug-likeness (QED) is 0.259. The van der Waals surface area contributed by atoms with Crippen LogP contribution in [0.15, 0.2) is 144 Å². The lowest BCUT2D eigenvalue weighted by Gasteiger charge is -2.28. The third-order valence-electron chi connectivity index (χ3n) is 6.83. The smallest absolute Gasteiger partial charge is 0.136 e. The minimum Gasteiger partial charge on any atom is -0.456 e. The molecule has 0 atom stereocenters. The van der Waals surface area contributed by atoms with Crippen molar-refractivity contribution in [3.63, 3.8) is 0 Å². The van der Waals surface area contributed by atoms with E-state index in [-0.39, 0.29) is 0 Å². The van der Waals surface area contributed by atoms with Gasteiger partial charge in [0.25, 0.3) is 0 Å². The molecule has 0 amide bonds. The summed E-state index contributed by atoms with van der Waals surface area (Å²) in [6.45, 7) is 0. The highest BCUT2D eigenvalue weighted by atomic mass is 16.3. The summed E-state index contributed by atoms with van der Waals surface area (Å²) in [7, 11) is 0. The van der Waals surface area contributed by atoms with E-state index in [4.69, 9.17) is 4.42 Å². The Balaban J connectivity index is 1.61. The predicted molar refractivity (Wildman–Crippen MR) is 151 cm³/mol. The van der Waals surface area contributed by atoms with Gasteiger partial charge in [0.15, 0.2) is 0 Å². The van der Waals surface area contributed by atoms with Crippen molar-refractivity contribution < 1.29 is 4.42 Å². The Morgan fingerprint density at radius 3 is 1.78 bits per heavy atom. The van der Waals surface area contributed by atoms with Crippen LogP contribution in [0, 0.1) is 0 Å². The molecule has 0 fully saturated rings. The Bertz CT molecular complexity index is 1780. The summed E-state index contributed by atoms with van der Waals surface area (Å²) in [6, 6.07) is 48.9. The lowest BCUT2D eigenvalue weighted by Crippen LogP contribution is -2.11. The highest BCUT2D eigenvalue weighted by Crippen LogP contribution is 2.45. The molecular formula is C34H23NO. The van der Waals surface area contributed by atoms with Gasteiger partial charge in [-0.25, -0.2) is 0 Å². The molecule has 7 aromatic rings. The Morgan fingerprint density at radius 1 is 0.472 bits per heavy atom. The zero-order valence-electron chi connectivity index (χ0n) is 19.6. The zero-order chi connectivity index (χ0) is 23.9. The van der Waals surface area contributed by atoms with Crippen LogP contribution in [0.5, 0.6) is 0 Å². The molecule has 1 aromatic heterocycles. The average molecular weight is 462 g/mol. The van der Waals surface area contributed by atoms with E-state index in [0.29, 0.717) is 0 Å². The van der Waals surface area contributed by atoms with E-state index < -0.39 is 0 Å². The normalized spacial score (nSPS) is 11.3. The van der Waals surface area contributed by atoms with Crippen molar-refractivity contribution in [1.82, 2.24) is 0 Å². The van der Waals surface area contributed by atoms with Crippen LogP contribution >= 0.6 is 0 Å². The van der Waals surface area contributed by atoms with E-state index >= 15 is 0 Å². The summed E-state index contributed by atoms with van der Waals surface area (Å²) >= 11 is 0. The van der Waals surface area contributed by atoms with Crippen molar-refractivity contribution in [2.24, 2.45) is 0 Å². The van der Waals surface area contributed by atoms with Crippen LogP contribution in [0.1, 0.15) is 0 Å². The van der Waals surface area contributed by atoms with Crippen molar-refractivity contribution in [2.75, 3.05) is 4.90 Å². The highest BCUT2D eigenvalue weighted by molar-refractivity contribution is 6.20. The topological polar surface area (TPSA) is 16.4 Å². The fraction of sp³-hybridized carbons (Fsp3) is 0. The Labute approximate surface area is 209 Å². The molecule has 0 saturated carbocycles. The van der Waals surface area contributed by atoms with Gasteiger partial charge in [-0.2, -0.15) is 0 Å². The Hall–Kier alpha value is -4.82. The lowest BCUT2D eigenvalue weighted by molar-refractivity contribution is 0.669. The molecule has 0 saturated heterocycles. The molecule has 2 heteroatoms. The van der Waals surface area contributed by atoms with Crippen LogP contribution in [0.3, 0.4) is 0 Å². The third kappa shape index (κ3) is 3.35. The molecule has 0 unspecified atom stereocenters. The average Bonchev–Trinajstić information content (AvgIpc) is 3.32. The predicted octanol–water partition coefficient (Wildman–Crippen LogP) is 9.88. The number of rotatable bonds is 4. The molecule has 0 aliphatic carbocycles. The van der Waals surface area contributed by atoms with Gasteiger partial charge in [0.2, 0.25) is 0 Å². The summed E-state index contributed by atoms with van der Waals surface area (Å²) in [6.07, 6.45) is 0. The Morgan fingerprint density at radius 2 is 1.08 bits per heavy atom. The van der Waals surface area contributed by atoms with Crippen molar-refractivity contribution in [3.8, 4) is 11.1 Å². The molecule has 0 aliphatic heterocycles. The van der Waals surface area contributed by atoms with E-state index in [1.54, 1.807) is 0 Å². The number of hydrogen-bond donors (Lipinski definition) is 0. The van der Waals surface area contributed by atoms with Gasteiger partial charge in [0.05, 0.1) is 5.69 Å². The van der Waals surface area contributed by atoms with Gasteiger partial charge < -0.3 is 9.32 Å². The second-order valence-corrected chi connectivity index (χ2v) is 9.00. The van der Waals surface area contributed by atoms with Gasteiger partial charge in [-0.3, -0.25) is 0 Å². The molecule has 170 valence electrons. The van der Waals surface area contributed by atoms with E-state index in [9.17, 15) is 0 Å². The zero-order valence-corrected chi connectivity index (χ0v) is 19.6. The van der Waals surface area contributed by atoms with Gasteiger partial charge in [-0.05, 0) is 58.8 Å². The fourth-order valence-corrected chi connectivity index (χ4v) is 5.20. The second-order valence-electron chi connectivity index (χ2n) is 9.00. The maximum atomic E-state index is 6.45. The highest BCUT2D eigenvalue weighted by Gasteiger charge is 2.21. The van der Waals surface area contributed by atoms with Crippen molar-refractivity contribution in [2.45, 2.75) is 0 Å². The molecule has 7 rings (SSSR count). The maximum Gasteiger partial charge on any atom is 0.136 e. The molecule has 0 radical (unpaired) electrons. The summed E-state index contributed by atoms with van der Waals surface area (Å²) in [5.74, 6) is 0. The van der Waals surface area contributed by atoms with Crippen molar-refractivity contribution in [1.29, 1.82) is 0 Å². The monoisotopic (exact) mass is 461 g/mol. The second kappa shape index (κ2) is 8.44. The van der Waals surface area contributed by atoms with Crippen LogP contribution in [-0.4, -0.2) is 0 Å². The first-order valence-electron chi connectivity index (χ1n) is 12.2. The van der Waals surface area contributed by atoms with Crippen LogP contribution in [0.4, 0.5) is 17.1 Å². The van der Waals surface area contributed by atoms with Gasteiger partial charge in [0, 0.05) is 27.7 Å². The van der Waals surface area contributed by atoms with E-state index in [0.717, 1.165) is 50.1 Å². The van der Waals surface area contributed by atoms with E-state index in [2.05, 4.69) is 144 Å². The van der Waals surface area contributed by atoms with Crippen molar-refractivity contribution in [3.05, 3.63) is 140 Å². The molecule has 1 heterocycles. The van der Waals surface area contributed by atoms with Crippen LogP contribution in [0.25, 0.3) is 43.8 Å². The number of fused-ring (bicyclic) bond motifs is 5. The molecule has 0 spiro atoms. The number of benzene rings is 6. The van der Waals surface area contributed by atoms with Crippen LogP contribution in [-0.2, 0) is 0 Å². The minimum absolute atomic E-state index is 0.894. The molecule has 0 N–H and O–H groups in total. The Kier molecular flexibility index (Phi) is 4.82. The van der Waals surface area contributed by atoms with E-state index in [1.165, 1.54) is 10.8 Å².